The van der Waals surface area contributed by atoms with Crippen LogP contribution in [0.15, 0.2) is 53.6 Å². The van der Waals surface area contributed by atoms with Crippen molar-refractivity contribution < 1.29 is 14.3 Å². The lowest BCUT2D eigenvalue weighted by atomic mass is 10.0. The Morgan fingerprint density at radius 3 is 2.39 bits per heavy atom. The largest absolute Gasteiger partial charge is 0.497 e. The number of carbonyl (C=O) groups excluding carboxylic acids is 1. The zero-order valence-corrected chi connectivity index (χ0v) is 18.2. The molecule has 0 N–H and O–H groups in total. The van der Waals surface area contributed by atoms with Gasteiger partial charge in [0.2, 0.25) is 0 Å². The third-order valence-electron chi connectivity index (χ3n) is 4.63. The SMILES string of the molecule is COc1ccc(/C=C/C(=O)OCCC(C)CC/C=C(\C)CCC=C(C)C)cc1. The number of benzene rings is 1. The molecule has 0 aliphatic rings. The van der Waals surface area contributed by atoms with Crippen molar-refractivity contribution in [1.82, 2.24) is 0 Å². The Hall–Kier alpha value is -2.29. The maximum atomic E-state index is 11.8. The first-order chi connectivity index (χ1) is 13.4. The molecule has 0 fully saturated rings. The minimum atomic E-state index is -0.293. The fourth-order valence-corrected chi connectivity index (χ4v) is 2.74. The van der Waals surface area contributed by atoms with E-state index in [0.29, 0.717) is 12.5 Å². The lowest BCUT2D eigenvalue weighted by Gasteiger charge is -2.10. The van der Waals surface area contributed by atoms with Crippen LogP contribution in [0.2, 0.25) is 0 Å². The smallest absolute Gasteiger partial charge is 0.330 e. The summed E-state index contributed by atoms with van der Waals surface area (Å²) >= 11 is 0. The molecule has 0 aliphatic carbocycles. The molecule has 3 heteroatoms. The number of methoxy groups -OCH3 is 1. The van der Waals surface area contributed by atoms with Crippen molar-refractivity contribution in [2.75, 3.05) is 13.7 Å². The number of hydrogen-bond donors (Lipinski definition) is 0. The van der Waals surface area contributed by atoms with E-state index in [1.165, 1.54) is 17.2 Å². The first kappa shape index (κ1) is 23.7. The predicted octanol–water partition coefficient (Wildman–Crippen LogP) is 6.75. The highest BCUT2D eigenvalue weighted by atomic mass is 16.5. The van der Waals surface area contributed by atoms with Gasteiger partial charge in [-0.15, -0.1) is 0 Å². The van der Waals surface area contributed by atoms with Crippen LogP contribution in [-0.2, 0) is 9.53 Å². The van der Waals surface area contributed by atoms with Crippen LogP contribution in [0.4, 0.5) is 0 Å². The number of ether oxygens (including phenoxy) is 2. The average molecular weight is 385 g/mol. The zero-order valence-electron chi connectivity index (χ0n) is 18.2. The molecule has 1 aromatic carbocycles. The molecule has 0 amide bonds. The Kier molecular flexibility index (Phi) is 11.7. The minimum absolute atomic E-state index is 0.293. The van der Waals surface area contributed by atoms with Crippen molar-refractivity contribution in [3.63, 3.8) is 0 Å². The molecule has 0 spiro atoms. The van der Waals surface area contributed by atoms with Gasteiger partial charge < -0.3 is 9.47 Å². The van der Waals surface area contributed by atoms with Crippen molar-refractivity contribution >= 4 is 12.0 Å². The van der Waals surface area contributed by atoms with Crippen molar-refractivity contribution in [1.29, 1.82) is 0 Å². The van der Waals surface area contributed by atoms with Crippen molar-refractivity contribution in [3.8, 4) is 5.75 Å². The van der Waals surface area contributed by atoms with Crippen molar-refractivity contribution in [2.24, 2.45) is 5.92 Å². The molecule has 1 unspecified atom stereocenters. The van der Waals surface area contributed by atoms with Crippen LogP contribution >= 0.6 is 0 Å². The Balaban J connectivity index is 2.20. The molecule has 154 valence electrons. The maximum Gasteiger partial charge on any atom is 0.330 e. The molecule has 0 aromatic heterocycles. The Bertz CT molecular complexity index is 662. The van der Waals surface area contributed by atoms with E-state index in [4.69, 9.17) is 9.47 Å². The van der Waals surface area contributed by atoms with E-state index < -0.39 is 0 Å². The van der Waals surface area contributed by atoms with Crippen LogP contribution in [0.3, 0.4) is 0 Å². The Morgan fingerprint density at radius 2 is 1.75 bits per heavy atom. The normalized spacial score (nSPS) is 12.7. The van der Waals surface area contributed by atoms with Crippen LogP contribution < -0.4 is 4.74 Å². The summed E-state index contributed by atoms with van der Waals surface area (Å²) in [5.74, 6) is 1.05. The van der Waals surface area contributed by atoms with Gasteiger partial charge in [-0.05, 0) is 82.6 Å². The van der Waals surface area contributed by atoms with Crippen molar-refractivity contribution in [3.05, 3.63) is 59.2 Å². The fourth-order valence-electron chi connectivity index (χ4n) is 2.74. The van der Waals surface area contributed by atoms with Gasteiger partial charge >= 0.3 is 5.97 Å². The van der Waals surface area contributed by atoms with Crippen LogP contribution in [0.1, 0.15) is 65.4 Å². The quantitative estimate of drug-likeness (QED) is 0.227. The molecular weight excluding hydrogens is 348 g/mol. The molecule has 0 saturated carbocycles. The lowest BCUT2D eigenvalue weighted by Crippen LogP contribution is -2.06. The summed E-state index contributed by atoms with van der Waals surface area (Å²) in [6, 6.07) is 7.54. The molecular formula is C25H36O3. The highest BCUT2D eigenvalue weighted by Gasteiger charge is 2.04. The Labute approximate surface area is 171 Å². The third-order valence-corrected chi connectivity index (χ3v) is 4.63. The fraction of sp³-hybridized carbons (Fsp3) is 0.480. The summed E-state index contributed by atoms with van der Waals surface area (Å²) < 4.78 is 10.4. The lowest BCUT2D eigenvalue weighted by molar-refractivity contribution is -0.138. The second-order valence-electron chi connectivity index (χ2n) is 7.62. The summed E-state index contributed by atoms with van der Waals surface area (Å²) in [5, 5.41) is 0. The van der Waals surface area contributed by atoms with Gasteiger partial charge in [-0.2, -0.15) is 0 Å². The molecule has 0 radical (unpaired) electrons. The zero-order chi connectivity index (χ0) is 20.8. The number of esters is 1. The van der Waals surface area contributed by atoms with E-state index in [2.05, 4.69) is 39.8 Å². The number of carbonyl (C=O) groups is 1. The summed E-state index contributed by atoms with van der Waals surface area (Å²) in [7, 11) is 1.63. The highest BCUT2D eigenvalue weighted by molar-refractivity contribution is 5.87. The van der Waals surface area contributed by atoms with E-state index >= 15 is 0 Å². The van der Waals surface area contributed by atoms with Crippen molar-refractivity contribution in [2.45, 2.75) is 59.8 Å². The summed E-state index contributed by atoms with van der Waals surface area (Å²) in [4.78, 5) is 11.8. The molecule has 0 aliphatic heterocycles. The monoisotopic (exact) mass is 384 g/mol. The van der Waals surface area contributed by atoms with Gasteiger partial charge in [0, 0.05) is 6.08 Å². The minimum Gasteiger partial charge on any atom is -0.497 e. The number of allylic oxidation sites excluding steroid dienone is 4. The van der Waals surface area contributed by atoms with Gasteiger partial charge in [0.05, 0.1) is 13.7 Å². The van der Waals surface area contributed by atoms with Gasteiger partial charge in [-0.25, -0.2) is 4.79 Å². The molecule has 28 heavy (non-hydrogen) atoms. The van der Waals surface area contributed by atoms with E-state index in [1.807, 2.05) is 24.3 Å². The van der Waals surface area contributed by atoms with Gasteiger partial charge in [-0.1, -0.05) is 42.4 Å². The maximum absolute atomic E-state index is 11.8. The first-order valence-electron chi connectivity index (χ1n) is 10.2. The predicted molar refractivity (Wildman–Crippen MR) is 118 cm³/mol. The summed E-state index contributed by atoms with van der Waals surface area (Å²) in [5.41, 5.74) is 3.78. The van der Waals surface area contributed by atoms with Crippen LogP contribution in [0.5, 0.6) is 5.75 Å². The highest BCUT2D eigenvalue weighted by Crippen LogP contribution is 2.15. The van der Waals surface area contributed by atoms with E-state index in [-0.39, 0.29) is 5.97 Å². The standard InChI is InChI=1S/C25H36O3/c1-20(2)8-6-9-21(3)10-7-11-22(4)18-19-28-25(26)17-14-23-12-15-24(27-5)16-13-23/h8,10,12-17,22H,6-7,9,11,18-19H2,1-5H3/b17-14+,21-10+. The average Bonchev–Trinajstić information content (AvgIpc) is 2.66. The topological polar surface area (TPSA) is 35.5 Å². The Morgan fingerprint density at radius 1 is 1.04 bits per heavy atom. The summed E-state index contributed by atoms with van der Waals surface area (Å²) in [6.07, 6.45) is 13.2. The van der Waals surface area contributed by atoms with Gasteiger partial charge in [-0.3, -0.25) is 0 Å². The molecule has 1 rings (SSSR count). The first-order valence-corrected chi connectivity index (χ1v) is 10.2. The van der Waals surface area contributed by atoms with E-state index in [0.717, 1.165) is 43.4 Å². The van der Waals surface area contributed by atoms with Gasteiger partial charge in [0.15, 0.2) is 0 Å². The van der Waals surface area contributed by atoms with Crippen LogP contribution in [0, 0.1) is 5.92 Å². The second kappa shape index (κ2) is 13.8. The summed E-state index contributed by atoms with van der Waals surface area (Å²) in [6.45, 7) is 9.18. The number of hydrogen-bond acceptors (Lipinski definition) is 3. The third kappa shape index (κ3) is 11.4. The van der Waals surface area contributed by atoms with Gasteiger partial charge in [0.1, 0.15) is 5.75 Å². The molecule has 1 atom stereocenters. The van der Waals surface area contributed by atoms with Gasteiger partial charge in [0.25, 0.3) is 0 Å². The molecule has 3 nitrogen and oxygen atoms in total. The number of rotatable bonds is 12. The molecule has 0 bridgehead atoms. The van der Waals surface area contributed by atoms with Crippen LogP contribution in [-0.4, -0.2) is 19.7 Å². The van der Waals surface area contributed by atoms with Crippen LogP contribution in [0.25, 0.3) is 6.08 Å². The second-order valence-corrected chi connectivity index (χ2v) is 7.62. The van der Waals surface area contributed by atoms with E-state index in [1.54, 1.807) is 13.2 Å². The molecule has 1 aromatic rings. The van der Waals surface area contributed by atoms with E-state index in [9.17, 15) is 4.79 Å². The molecule has 0 heterocycles. The molecule has 0 saturated heterocycles.